The molecule has 1 aromatic carbocycles. The molecule has 6 nitrogen and oxygen atoms in total. The number of carbonyl (C=O) groups excluding carboxylic acids is 2. The average Bonchev–Trinajstić information content (AvgIpc) is 3.25. The second kappa shape index (κ2) is 7.21. The van der Waals surface area contributed by atoms with E-state index in [9.17, 15) is 22.8 Å². The summed E-state index contributed by atoms with van der Waals surface area (Å²) < 4.78 is 44.9. The topological polar surface area (TPSA) is 61.2 Å². The highest BCUT2D eigenvalue weighted by Gasteiger charge is 2.55. The first-order chi connectivity index (χ1) is 13.1. The van der Waals surface area contributed by atoms with E-state index in [1.54, 1.807) is 19.1 Å². The number of halogens is 4. The minimum absolute atomic E-state index is 0.109. The number of hydrogen-bond donors (Lipinski definition) is 0. The van der Waals surface area contributed by atoms with Crippen LogP contribution in [-0.2, 0) is 10.9 Å². The highest BCUT2D eigenvalue weighted by molar-refractivity contribution is 6.32. The van der Waals surface area contributed by atoms with Crippen LogP contribution in [0.15, 0.2) is 30.3 Å². The Morgan fingerprint density at radius 3 is 2.54 bits per heavy atom. The standard InChI is InChI=1S/C18H18ClF3N3O3/c1-11-6-5-9-25(11,17(27)28-2)16(26)14-10-15(18(20,21)22)23-24(14)13-8-4-3-7-12(13)19/h3-4,7-8,10-11H,5-6,9H2,1-2H3/q+1/t11-,25?/m1/s1. The Bertz CT molecular complexity index is 928. The van der Waals surface area contributed by atoms with Gasteiger partial charge in [-0.25, -0.2) is 9.48 Å². The van der Waals surface area contributed by atoms with Crippen LogP contribution in [0, 0.1) is 0 Å². The van der Waals surface area contributed by atoms with E-state index in [2.05, 4.69) is 5.10 Å². The number of aromatic nitrogens is 2. The van der Waals surface area contributed by atoms with Gasteiger partial charge in [0, 0.05) is 18.9 Å². The van der Waals surface area contributed by atoms with Crippen LogP contribution in [0.1, 0.15) is 35.9 Å². The summed E-state index contributed by atoms with van der Waals surface area (Å²) in [5.41, 5.74) is -1.51. The number of ether oxygens (including phenoxy) is 1. The molecule has 1 aliphatic rings. The molecule has 2 aromatic rings. The normalized spacial score (nSPS) is 22.3. The van der Waals surface area contributed by atoms with Crippen LogP contribution in [0.4, 0.5) is 18.0 Å². The number of amides is 2. The zero-order valence-electron chi connectivity index (χ0n) is 15.2. The zero-order chi connectivity index (χ0) is 20.7. The van der Waals surface area contributed by atoms with E-state index >= 15 is 0 Å². The Morgan fingerprint density at radius 1 is 1.32 bits per heavy atom. The lowest BCUT2D eigenvalue weighted by molar-refractivity contribution is -0.786. The number of likely N-dealkylation sites (tertiary alicyclic amines) is 1. The second-order valence-electron chi connectivity index (χ2n) is 6.63. The lowest BCUT2D eigenvalue weighted by Gasteiger charge is -2.30. The molecule has 0 bridgehead atoms. The van der Waals surface area contributed by atoms with E-state index < -0.39 is 34.4 Å². The minimum atomic E-state index is -4.77. The maximum Gasteiger partial charge on any atom is 0.523 e. The van der Waals surface area contributed by atoms with Crippen molar-refractivity contribution < 1.29 is 32.0 Å². The fourth-order valence-corrected chi connectivity index (χ4v) is 3.79. The third-order valence-corrected chi connectivity index (χ3v) is 5.37. The van der Waals surface area contributed by atoms with E-state index in [0.717, 1.165) is 11.8 Å². The van der Waals surface area contributed by atoms with Crippen molar-refractivity contribution in [2.75, 3.05) is 13.7 Å². The van der Waals surface area contributed by atoms with Gasteiger partial charge in [-0.2, -0.15) is 27.5 Å². The van der Waals surface area contributed by atoms with Crippen LogP contribution in [0.25, 0.3) is 5.69 Å². The first-order valence-electron chi connectivity index (χ1n) is 8.56. The summed E-state index contributed by atoms with van der Waals surface area (Å²) in [6.45, 7) is 1.84. The first-order valence-corrected chi connectivity index (χ1v) is 8.94. The Balaban J connectivity index is 2.23. The number of carbonyl (C=O) groups is 2. The first kappa shape index (κ1) is 20.3. The van der Waals surface area contributed by atoms with Gasteiger partial charge in [-0.1, -0.05) is 23.7 Å². The number of rotatable bonds is 2. The monoisotopic (exact) mass is 416 g/mol. The largest absolute Gasteiger partial charge is 0.523 e. The van der Waals surface area contributed by atoms with Crippen molar-refractivity contribution in [3.63, 3.8) is 0 Å². The van der Waals surface area contributed by atoms with Gasteiger partial charge >= 0.3 is 18.2 Å². The molecule has 2 amide bonds. The molecule has 2 heterocycles. The Morgan fingerprint density at radius 2 is 2.00 bits per heavy atom. The molecule has 1 fully saturated rings. The number of hydrogen-bond acceptors (Lipinski definition) is 4. The van der Waals surface area contributed by atoms with Crippen LogP contribution < -0.4 is 0 Å². The van der Waals surface area contributed by atoms with Crippen molar-refractivity contribution in [3.8, 4) is 5.69 Å². The zero-order valence-corrected chi connectivity index (χ0v) is 15.9. The third-order valence-electron chi connectivity index (χ3n) is 5.05. The number of imide groups is 1. The predicted octanol–water partition coefficient (Wildman–Crippen LogP) is 4.45. The summed E-state index contributed by atoms with van der Waals surface area (Å²) in [6.07, 6.45) is -4.45. The molecule has 1 aromatic heterocycles. The highest BCUT2D eigenvalue weighted by Crippen LogP contribution is 2.35. The molecule has 0 N–H and O–H groups in total. The molecule has 150 valence electrons. The Labute approximate surface area is 164 Å². The SMILES string of the molecule is COC(=O)[N+]1(C(=O)c2cc(C(F)(F)F)nn2-c2ccccc2Cl)CCC[C@H]1C. The molecule has 2 atom stereocenters. The molecule has 0 saturated carbocycles. The van der Waals surface area contributed by atoms with Crippen molar-refractivity contribution >= 4 is 23.6 Å². The van der Waals surface area contributed by atoms with Gasteiger partial charge < -0.3 is 4.74 Å². The fourth-order valence-electron chi connectivity index (χ4n) is 3.58. The van der Waals surface area contributed by atoms with Gasteiger partial charge in [0.1, 0.15) is 6.04 Å². The van der Waals surface area contributed by atoms with Gasteiger partial charge in [0.05, 0.1) is 24.4 Å². The van der Waals surface area contributed by atoms with Gasteiger partial charge in [0.15, 0.2) is 11.4 Å². The average molecular weight is 417 g/mol. The number of alkyl halides is 3. The van der Waals surface area contributed by atoms with Crippen LogP contribution >= 0.6 is 11.6 Å². The summed E-state index contributed by atoms with van der Waals surface area (Å²) in [5, 5.41) is 3.69. The van der Waals surface area contributed by atoms with E-state index in [4.69, 9.17) is 16.3 Å². The molecule has 0 aliphatic carbocycles. The highest BCUT2D eigenvalue weighted by atomic mass is 35.5. The van der Waals surface area contributed by atoms with E-state index in [1.807, 2.05) is 0 Å². The number of quaternary nitrogens is 1. The van der Waals surface area contributed by atoms with E-state index in [1.165, 1.54) is 12.1 Å². The third kappa shape index (κ3) is 3.18. The molecular weight excluding hydrogens is 399 g/mol. The Hall–Kier alpha value is -2.39. The van der Waals surface area contributed by atoms with Crippen LogP contribution in [-0.4, -0.2) is 46.0 Å². The van der Waals surface area contributed by atoms with E-state index in [0.29, 0.717) is 18.9 Å². The molecule has 1 unspecified atom stereocenters. The number of nitrogens with zero attached hydrogens (tertiary/aromatic N) is 3. The maximum absolute atomic E-state index is 13.4. The lowest BCUT2D eigenvalue weighted by atomic mass is 10.2. The minimum Gasteiger partial charge on any atom is -0.423 e. The quantitative estimate of drug-likeness (QED) is 0.678. The molecule has 10 heteroatoms. The van der Waals surface area contributed by atoms with Crippen molar-refractivity contribution in [2.45, 2.75) is 32.0 Å². The molecule has 1 aliphatic heterocycles. The summed E-state index contributed by atoms with van der Waals surface area (Å²) in [4.78, 5) is 26.0. The smallest absolute Gasteiger partial charge is 0.423 e. The second-order valence-corrected chi connectivity index (χ2v) is 7.04. The van der Waals surface area contributed by atoms with Crippen molar-refractivity contribution in [2.24, 2.45) is 0 Å². The van der Waals surface area contributed by atoms with Crippen molar-refractivity contribution in [1.29, 1.82) is 0 Å². The van der Waals surface area contributed by atoms with Crippen molar-refractivity contribution in [1.82, 2.24) is 9.78 Å². The predicted molar refractivity (Wildman–Crippen MR) is 94.1 cm³/mol. The molecule has 1 saturated heterocycles. The number of benzene rings is 1. The van der Waals surface area contributed by atoms with Gasteiger partial charge in [-0.3, -0.25) is 0 Å². The summed E-state index contributed by atoms with van der Waals surface area (Å²) >= 11 is 6.12. The lowest BCUT2D eigenvalue weighted by Crippen LogP contribution is -2.59. The maximum atomic E-state index is 13.4. The van der Waals surface area contributed by atoms with Crippen LogP contribution in [0.3, 0.4) is 0 Å². The van der Waals surface area contributed by atoms with Gasteiger partial charge in [-0.15, -0.1) is 0 Å². The molecular formula is C18H18ClF3N3O3+. The number of para-hydroxylation sites is 1. The van der Waals surface area contributed by atoms with Gasteiger partial charge in [0.25, 0.3) is 0 Å². The van der Waals surface area contributed by atoms with Crippen LogP contribution in [0.5, 0.6) is 0 Å². The fraction of sp³-hybridized carbons (Fsp3) is 0.389. The Kier molecular flexibility index (Phi) is 5.24. The van der Waals surface area contributed by atoms with Gasteiger partial charge in [0.2, 0.25) is 0 Å². The van der Waals surface area contributed by atoms with E-state index in [-0.39, 0.29) is 22.9 Å². The molecule has 0 spiro atoms. The van der Waals surface area contributed by atoms with Crippen molar-refractivity contribution in [3.05, 3.63) is 46.7 Å². The molecule has 3 rings (SSSR count). The molecule has 0 radical (unpaired) electrons. The van der Waals surface area contributed by atoms with Crippen LogP contribution in [0.2, 0.25) is 5.02 Å². The van der Waals surface area contributed by atoms with Gasteiger partial charge in [-0.05, 0) is 19.1 Å². The summed E-state index contributed by atoms with van der Waals surface area (Å²) in [5.74, 6) is -0.806. The number of methoxy groups -OCH3 is 1. The summed E-state index contributed by atoms with van der Waals surface area (Å²) in [7, 11) is 1.15. The summed E-state index contributed by atoms with van der Waals surface area (Å²) in [6, 6.07) is 6.30. The molecule has 28 heavy (non-hydrogen) atoms.